The predicted molar refractivity (Wildman–Crippen MR) is 53.2 cm³/mol. The Hall–Kier alpha value is -0.550. The summed E-state index contributed by atoms with van der Waals surface area (Å²) in [7, 11) is 3.38. The van der Waals surface area contributed by atoms with Crippen molar-refractivity contribution < 1.29 is 17.4 Å². The lowest BCUT2D eigenvalue weighted by Crippen LogP contribution is -2.09. The van der Waals surface area contributed by atoms with Gasteiger partial charge in [-0.15, -0.1) is 0 Å². The Morgan fingerprint density at radius 1 is 1.27 bits per heavy atom. The number of hydrogen-bond acceptors (Lipinski definition) is 1. The fraction of sp³-hybridized carbons (Fsp3) is 0.333. The van der Waals surface area contributed by atoms with Crippen molar-refractivity contribution >= 4 is 20.7 Å². The van der Waals surface area contributed by atoms with Gasteiger partial charge in [-0.2, -0.15) is 13.2 Å². The summed E-state index contributed by atoms with van der Waals surface area (Å²) in [5.41, 5.74) is -0.482. The third-order valence-corrected chi connectivity index (χ3v) is 3.25. The fourth-order valence-corrected chi connectivity index (χ4v) is 2.40. The molecule has 1 aromatic carbocycles. The summed E-state index contributed by atoms with van der Waals surface area (Å²) in [6.45, 7) is 2.76. The molecule has 6 heteroatoms. The highest BCUT2D eigenvalue weighted by Gasteiger charge is 2.33. The van der Waals surface area contributed by atoms with Crippen molar-refractivity contribution in [3.05, 3.63) is 28.8 Å². The van der Waals surface area contributed by atoms with Gasteiger partial charge >= 0.3 is 6.18 Å². The molecule has 0 heterocycles. The van der Waals surface area contributed by atoms with E-state index in [0.29, 0.717) is 5.56 Å². The maximum atomic E-state index is 12.5. The van der Waals surface area contributed by atoms with Crippen LogP contribution >= 0.6 is 10.7 Å². The molecule has 84 valence electrons. The van der Waals surface area contributed by atoms with Gasteiger partial charge in [0.1, 0.15) is 10.0 Å². The van der Waals surface area contributed by atoms with Crippen molar-refractivity contribution in [2.75, 3.05) is 0 Å². The molecule has 0 spiro atoms. The van der Waals surface area contributed by atoms with Crippen LogP contribution in [0.1, 0.15) is 16.7 Å². The predicted octanol–water partition coefficient (Wildman–Crippen LogP) is 3.58. The monoisotopic (exact) mass is 256 g/mol. The second-order valence-corrected chi connectivity index (χ2v) is 4.88. The van der Waals surface area contributed by atoms with Crippen LogP contribution < -0.4 is 0 Å². The summed E-state index contributed by atoms with van der Waals surface area (Å²) < 4.78 is 48.6. The van der Waals surface area contributed by atoms with Gasteiger partial charge in [-0.25, -0.2) is 4.21 Å². The summed E-state index contributed by atoms with van der Waals surface area (Å²) >= 11 is 0. The first kappa shape index (κ1) is 12.5. The minimum absolute atomic E-state index is 0.0176. The lowest BCUT2D eigenvalue weighted by Gasteiger charge is -2.13. The Bertz CT molecular complexity index is 415. The van der Waals surface area contributed by atoms with E-state index in [9.17, 15) is 17.4 Å². The van der Waals surface area contributed by atoms with Gasteiger partial charge in [-0.05, 0) is 47.8 Å². The molecule has 0 aliphatic carbocycles. The van der Waals surface area contributed by atoms with E-state index in [0.717, 1.165) is 6.07 Å². The van der Waals surface area contributed by atoms with E-state index >= 15 is 0 Å². The largest absolute Gasteiger partial charge is 0.416 e. The number of rotatable bonds is 1. The van der Waals surface area contributed by atoms with E-state index < -0.39 is 21.8 Å². The van der Waals surface area contributed by atoms with Crippen molar-refractivity contribution in [2.24, 2.45) is 0 Å². The maximum absolute atomic E-state index is 12.5. The average molecular weight is 257 g/mol. The Labute approximate surface area is 92.2 Å². The molecule has 0 bridgehead atoms. The quantitative estimate of drug-likeness (QED) is 0.702. The molecule has 15 heavy (non-hydrogen) atoms. The average Bonchev–Trinajstić information content (AvgIpc) is 2.06. The minimum Gasteiger partial charge on any atom is -0.237 e. The molecule has 1 unspecified atom stereocenters. The molecule has 1 rings (SSSR count). The summed E-state index contributed by atoms with van der Waals surface area (Å²) in [6.07, 6.45) is -4.44. The van der Waals surface area contributed by atoms with Crippen molar-refractivity contribution in [1.82, 2.24) is 0 Å². The van der Waals surface area contributed by atoms with E-state index in [1.54, 1.807) is 0 Å². The third kappa shape index (κ3) is 2.72. The Kier molecular flexibility index (Phi) is 3.45. The van der Waals surface area contributed by atoms with Crippen molar-refractivity contribution in [1.29, 1.82) is 0 Å². The van der Waals surface area contributed by atoms with Gasteiger partial charge in [0.25, 0.3) is 0 Å². The van der Waals surface area contributed by atoms with Crippen LogP contribution in [0.15, 0.2) is 17.0 Å². The van der Waals surface area contributed by atoms with Crippen LogP contribution in [-0.2, 0) is 16.2 Å². The van der Waals surface area contributed by atoms with Crippen LogP contribution in [0.25, 0.3) is 0 Å². The molecule has 0 N–H and O–H groups in total. The SMILES string of the molecule is Cc1cc(S(=O)Cl)c(C)c(C(F)(F)F)c1. The molecule has 0 fully saturated rings. The second kappa shape index (κ2) is 4.14. The highest BCUT2D eigenvalue weighted by atomic mass is 35.7. The highest BCUT2D eigenvalue weighted by Crippen LogP contribution is 2.35. The number of halogens is 4. The number of hydrogen-bond donors (Lipinski definition) is 0. The molecule has 1 nitrogen and oxygen atoms in total. The number of alkyl halides is 3. The van der Waals surface area contributed by atoms with Crippen LogP contribution in [0.5, 0.6) is 0 Å². The van der Waals surface area contributed by atoms with Crippen LogP contribution in [0.3, 0.4) is 0 Å². The molecule has 0 aromatic heterocycles. The summed E-state index contributed by atoms with van der Waals surface area (Å²) in [5.74, 6) is 0. The zero-order valence-corrected chi connectivity index (χ0v) is 9.56. The van der Waals surface area contributed by atoms with E-state index in [1.807, 2.05) is 0 Å². The molecular formula is C9H8ClF3OS. The molecule has 0 aliphatic rings. The highest BCUT2D eigenvalue weighted by molar-refractivity contribution is 8.08. The smallest absolute Gasteiger partial charge is 0.237 e. The standard InChI is InChI=1S/C9H8ClF3OS/c1-5-3-7(9(11,12)13)6(2)8(4-5)15(10)14/h3-4H,1-2H3. The first-order valence-electron chi connectivity index (χ1n) is 4.00. The van der Waals surface area contributed by atoms with E-state index in [1.165, 1.54) is 19.9 Å². The zero-order valence-electron chi connectivity index (χ0n) is 7.98. The second-order valence-electron chi connectivity index (χ2n) is 3.16. The van der Waals surface area contributed by atoms with Crippen molar-refractivity contribution in [2.45, 2.75) is 24.9 Å². The lowest BCUT2D eigenvalue weighted by atomic mass is 10.1. The van der Waals surface area contributed by atoms with Crippen molar-refractivity contribution in [3.8, 4) is 0 Å². The maximum Gasteiger partial charge on any atom is 0.416 e. The van der Waals surface area contributed by atoms with E-state index in [4.69, 9.17) is 10.7 Å². The van der Waals surface area contributed by atoms with Crippen LogP contribution in [0.2, 0.25) is 0 Å². The first-order chi connectivity index (χ1) is 6.73. The molecule has 0 saturated carbocycles. The number of aryl methyl sites for hydroxylation is 1. The number of benzene rings is 1. The summed E-state index contributed by atoms with van der Waals surface area (Å²) in [6, 6.07) is 2.41. The van der Waals surface area contributed by atoms with Gasteiger partial charge in [0.15, 0.2) is 0 Å². The molecule has 1 atom stereocenters. The van der Waals surface area contributed by atoms with Gasteiger partial charge in [0, 0.05) is 0 Å². The van der Waals surface area contributed by atoms with Gasteiger partial charge in [-0.1, -0.05) is 0 Å². The third-order valence-electron chi connectivity index (χ3n) is 1.98. The van der Waals surface area contributed by atoms with Gasteiger partial charge in [0.2, 0.25) is 0 Å². The van der Waals surface area contributed by atoms with Gasteiger partial charge in [0.05, 0.1) is 10.5 Å². The minimum atomic E-state index is -4.44. The van der Waals surface area contributed by atoms with Crippen LogP contribution in [0, 0.1) is 13.8 Å². The molecule has 0 saturated heterocycles. The van der Waals surface area contributed by atoms with Crippen molar-refractivity contribution in [3.63, 3.8) is 0 Å². The Balaban J connectivity index is 3.49. The molecule has 1 aromatic rings. The van der Waals surface area contributed by atoms with E-state index in [-0.39, 0.29) is 10.5 Å². The van der Waals surface area contributed by atoms with Crippen LogP contribution in [0.4, 0.5) is 13.2 Å². The lowest BCUT2D eigenvalue weighted by molar-refractivity contribution is -0.138. The molecule has 0 aliphatic heterocycles. The summed E-state index contributed by atoms with van der Waals surface area (Å²) in [5, 5.41) is 0. The summed E-state index contributed by atoms with van der Waals surface area (Å²) in [4.78, 5) is 0.0176. The zero-order chi connectivity index (χ0) is 11.8. The molecular weight excluding hydrogens is 249 g/mol. The Morgan fingerprint density at radius 3 is 2.20 bits per heavy atom. The van der Waals surface area contributed by atoms with Gasteiger partial charge in [-0.3, -0.25) is 0 Å². The molecule has 0 amide bonds. The molecule has 0 radical (unpaired) electrons. The van der Waals surface area contributed by atoms with E-state index in [2.05, 4.69) is 0 Å². The topological polar surface area (TPSA) is 17.1 Å². The van der Waals surface area contributed by atoms with Crippen LogP contribution in [-0.4, -0.2) is 4.21 Å². The normalized spacial score (nSPS) is 14.0. The fourth-order valence-electron chi connectivity index (χ4n) is 1.29. The Morgan fingerprint density at radius 2 is 1.80 bits per heavy atom. The first-order valence-corrected chi connectivity index (χ1v) is 5.97. The van der Waals surface area contributed by atoms with Gasteiger partial charge < -0.3 is 0 Å².